The van der Waals surface area contributed by atoms with E-state index < -0.39 is 17.2 Å². The number of hydrogen-bond donors (Lipinski definition) is 0. The third-order valence-corrected chi connectivity index (χ3v) is 5.12. The molecule has 0 aliphatic heterocycles. The van der Waals surface area contributed by atoms with Gasteiger partial charge in [-0.05, 0) is 49.9 Å². The van der Waals surface area contributed by atoms with Crippen molar-refractivity contribution >= 4 is 17.2 Å². The van der Waals surface area contributed by atoms with Crippen LogP contribution in [0.25, 0.3) is 0 Å². The Hall–Kier alpha value is -1.09. The molecule has 2 aromatic rings. The van der Waals surface area contributed by atoms with Gasteiger partial charge >= 0.3 is 21.1 Å². The minimum Gasteiger partial charge on any atom is -0.776 e. The summed E-state index contributed by atoms with van der Waals surface area (Å²) < 4.78 is 20.0. The molecule has 9 heteroatoms. The van der Waals surface area contributed by atoms with Gasteiger partial charge in [0.15, 0.2) is 0 Å². The van der Waals surface area contributed by atoms with Crippen molar-refractivity contribution in [2.45, 2.75) is 26.7 Å². The SMILES string of the molecule is C=CCc1ccccc1OP([O-])OCC.C=CCc1ccccc1OP([O-])OCC.[Pt+2]. The van der Waals surface area contributed by atoms with Gasteiger partial charge in [0.1, 0.15) is 28.7 Å². The summed E-state index contributed by atoms with van der Waals surface area (Å²) in [6.45, 7) is 11.6. The zero-order valence-corrected chi connectivity index (χ0v) is 21.7. The second-order valence-corrected chi connectivity index (χ2v) is 7.44. The van der Waals surface area contributed by atoms with E-state index in [1.165, 1.54) is 0 Å². The van der Waals surface area contributed by atoms with Crippen molar-refractivity contribution in [2.75, 3.05) is 13.2 Å². The third kappa shape index (κ3) is 12.5. The number of benzene rings is 2. The van der Waals surface area contributed by atoms with Crippen LogP contribution >= 0.6 is 17.2 Å². The van der Waals surface area contributed by atoms with E-state index in [4.69, 9.17) is 18.1 Å². The zero-order chi connectivity index (χ0) is 22.2. The summed E-state index contributed by atoms with van der Waals surface area (Å²) in [5.74, 6) is 1.18. The molecule has 0 saturated heterocycles. The standard InChI is InChI=1S/2C11H14O3P.Pt/c2*1-3-7-10-8-5-6-9-11(10)14-15(12)13-4-2;/h2*3,5-6,8-9H,1,4,7H2,2H3;/q2*-1;+2. The smallest absolute Gasteiger partial charge is 0.776 e. The largest absolute Gasteiger partial charge is 2.00 e. The Balaban J connectivity index is 0.000000562. The van der Waals surface area contributed by atoms with Gasteiger partial charge in [-0.2, -0.15) is 0 Å². The van der Waals surface area contributed by atoms with Crippen molar-refractivity contribution in [2.24, 2.45) is 0 Å². The Morgan fingerprint density at radius 2 is 1.10 bits per heavy atom. The predicted octanol–water partition coefficient (Wildman–Crippen LogP) is 4.83. The Kier molecular flexibility index (Phi) is 17.8. The van der Waals surface area contributed by atoms with Gasteiger partial charge in [-0.1, -0.05) is 48.6 Å². The first-order valence-electron chi connectivity index (χ1n) is 9.49. The molecule has 31 heavy (non-hydrogen) atoms. The van der Waals surface area contributed by atoms with Gasteiger partial charge in [0.25, 0.3) is 0 Å². The van der Waals surface area contributed by atoms with Gasteiger partial charge in [0, 0.05) is 0 Å². The molecule has 0 N–H and O–H groups in total. The van der Waals surface area contributed by atoms with Gasteiger partial charge in [0.05, 0.1) is 13.2 Å². The molecule has 0 bridgehead atoms. The van der Waals surface area contributed by atoms with E-state index >= 15 is 0 Å². The number of hydrogen-bond acceptors (Lipinski definition) is 6. The van der Waals surface area contributed by atoms with Gasteiger partial charge < -0.3 is 27.9 Å². The van der Waals surface area contributed by atoms with Crippen LogP contribution < -0.4 is 18.8 Å². The van der Waals surface area contributed by atoms with Crippen LogP contribution in [0.5, 0.6) is 11.5 Å². The average Bonchev–Trinajstić information content (AvgIpc) is 2.72. The molecule has 172 valence electrons. The normalized spacial score (nSPS) is 11.7. The van der Waals surface area contributed by atoms with Gasteiger partial charge in [-0.25, -0.2) is 0 Å². The molecular formula is C22H28O6P2Pt. The number of allylic oxidation sites excluding steroid dienone is 2. The molecule has 0 saturated carbocycles. The maximum atomic E-state index is 11.2. The fraction of sp³-hybridized carbons (Fsp3) is 0.273. The van der Waals surface area contributed by atoms with Crippen molar-refractivity contribution in [3.63, 3.8) is 0 Å². The molecule has 0 heterocycles. The first kappa shape index (κ1) is 29.9. The monoisotopic (exact) mass is 645 g/mol. The fourth-order valence-electron chi connectivity index (χ4n) is 2.26. The van der Waals surface area contributed by atoms with Crippen molar-refractivity contribution in [1.82, 2.24) is 0 Å². The maximum absolute atomic E-state index is 11.2. The Morgan fingerprint density at radius 3 is 1.42 bits per heavy atom. The molecule has 0 aromatic heterocycles. The van der Waals surface area contributed by atoms with E-state index in [1.54, 1.807) is 38.1 Å². The van der Waals surface area contributed by atoms with Crippen molar-refractivity contribution in [3.8, 4) is 11.5 Å². The third-order valence-electron chi connectivity index (χ3n) is 3.49. The molecule has 2 unspecified atom stereocenters. The molecule has 0 radical (unpaired) electrons. The molecule has 0 aliphatic carbocycles. The van der Waals surface area contributed by atoms with Crippen LogP contribution in [0.1, 0.15) is 25.0 Å². The average molecular weight is 645 g/mol. The Morgan fingerprint density at radius 1 is 0.742 bits per heavy atom. The van der Waals surface area contributed by atoms with Crippen molar-refractivity contribution in [1.29, 1.82) is 0 Å². The van der Waals surface area contributed by atoms with Gasteiger partial charge in [0.2, 0.25) is 0 Å². The minimum absolute atomic E-state index is 0. The van der Waals surface area contributed by atoms with Crippen molar-refractivity contribution in [3.05, 3.63) is 85.0 Å². The van der Waals surface area contributed by atoms with E-state index in [-0.39, 0.29) is 21.1 Å². The summed E-state index contributed by atoms with van der Waals surface area (Å²) in [6.07, 6.45) is 4.92. The quantitative estimate of drug-likeness (QED) is 0.243. The summed E-state index contributed by atoms with van der Waals surface area (Å²) in [4.78, 5) is 22.5. The summed E-state index contributed by atoms with van der Waals surface area (Å²) >= 11 is 0. The molecule has 0 spiro atoms. The molecule has 6 nitrogen and oxygen atoms in total. The van der Waals surface area contributed by atoms with E-state index in [0.29, 0.717) is 37.6 Å². The van der Waals surface area contributed by atoms with Crippen LogP contribution in [-0.4, -0.2) is 13.2 Å². The van der Waals surface area contributed by atoms with Gasteiger partial charge in [-0.15, -0.1) is 13.2 Å². The molecule has 2 rings (SSSR count). The fourth-order valence-corrected chi connectivity index (χ4v) is 3.46. The van der Waals surface area contributed by atoms with Crippen LogP contribution in [0.15, 0.2) is 73.8 Å². The first-order chi connectivity index (χ1) is 14.5. The second kappa shape index (κ2) is 18.5. The minimum atomic E-state index is -2.07. The summed E-state index contributed by atoms with van der Waals surface area (Å²) in [6, 6.07) is 14.8. The van der Waals surface area contributed by atoms with Gasteiger partial charge in [-0.3, -0.25) is 0 Å². The molecule has 0 aliphatic rings. The Bertz CT molecular complexity index is 699. The molecule has 0 fully saturated rings. The van der Waals surface area contributed by atoms with Crippen LogP contribution in [0.2, 0.25) is 0 Å². The summed E-state index contributed by atoms with van der Waals surface area (Å²) in [7, 11) is -4.14. The van der Waals surface area contributed by atoms with E-state index in [0.717, 1.165) is 11.1 Å². The Labute approximate surface area is 202 Å². The summed E-state index contributed by atoms with van der Waals surface area (Å²) in [5.41, 5.74) is 1.91. The molecule has 2 aromatic carbocycles. The molecular weight excluding hydrogens is 617 g/mol. The van der Waals surface area contributed by atoms with Crippen LogP contribution in [-0.2, 0) is 43.0 Å². The summed E-state index contributed by atoms with van der Waals surface area (Å²) in [5, 5.41) is 0. The number of para-hydroxylation sites is 2. The van der Waals surface area contributed by atoms with Crippen LogP contribution in [0.4, 0.5) is 0 Å². The van der Waals surface area contributed by atoms with E-state index in [1.807, 2.05) is 36.4 Å². The second-order valence-electron chi connectivity index (χ2n) is 5.67. The molecule has 2 atom stereocenters. The van der Waals surface area contributed by atoms with E-state index in [9.17, 15) is 9.79 Å². The van der Waals surface area contributed by atoms with Crippen LogP contribution in [0, 0.1) is 0 Å². The first-order valence-corrected chi connectivity index (χ1v) is 11.7. The predicted molar refractivity (Wildman–Crippen MR) is 119 cm³/mol. The molecule has 0 amide bonds. The number of rotatable bonds is 12. The van der Waals surface area contributed by atoms with Crippen LogP contribution in [0.3, 0.4) is 0 Å². The topological polar surface area (TPSA) is 83.0 Å². The maximum Gasteiger partial charge on any atom is 2.00 e. The van der Waals surface area contributed by atoms with E-state index in [2.05, 4.69) is 13.2 Å². The van der Waals surface area contributed by atoms with Crippen molar-refractivity contribution < 1.29 is 48.9 Å². The zero-order valence-electron chi connectivity index (χ0n) is 17.7.